The number of carbonyl (C=O) groups excluding carboxylic acids is 1. The van der Waals surface area contributed by atoms with E-state index < -0.39 is 5.91 Å². The van der Waals surface area contributed by atoms with E-state index in [4.69, 9.17) is 14.9 Å². The van der Waals surface area contributed by atoms with Gasteiger partial charge in [0.1, 0.15) is 11.7 Å². The van der Waals surface area contributed by atoms with Gasteiger partial charge in [0.05, 0.1) is 16.3 Å². The summed E-state index contributed by atoms with van der Waals surface area (Å²) in [6.07, 6.45) is 7.54. The first kappa shape index (κ1) is 24.1. The first-order chi connectivity index (χ1) is 17.0. The second kappa shape index (κ2) is 10.5. The molecule has 0 atom stereocenters. The smallest absolute Gasteiger partial charge is 0.283 e. The van der Waals surface area contributed by atoms with Gasteiger partial charge >= 0.3 is 0 Å². The van der Waals surface area contributed by atoms with Crippen LogP contribution >= 0.6 is 34.4 Å². The molecule has 1 aliphatic carbocycles. The van der Waals surface area contributed by atoms with Crippen LogP contribution in [0, 0.1) is 14.9 Å². The maximum atomic E-state index is 12.9. The Morgan fingerprint density at radius 2 is 1.97 bits per heavy atom. The number of methoxy groups -OCH3 is 1. The van der Waals surface area contributed by atoms with E-state index in [0.717, 1.165) is 32.6 Å². The van der Waals surface area contributed by atoms with Crippen molar-refractivity contribution < 1.29 is 14.3 Å². The van der Waals surface area contributed by atoms with Gasteiger partial charge in [0.25, 0.3) is 5.91 Å². The fourth-order valence-corrected chi connectivity index (χ4v) is 6.22. The number of amidine groups is 2. The number of halogens is 1. The number of nitrogens with zero attached hydrogens (tertiary/aromatic N) is 3. The number of nitrogens with one attached hydrogen (secondary N) is 1. The highest BCUT2D eigenvalue weighted by Gasteiger charge is 2.38. The fraction of sp³-hybridized carbons (Fsp3) is 0.308. The number of fused-ring (bicyclic) bond motifs is 1. The molecule has 5 rings (SSSR count). The second-order valence-electron chi connectivity index (χ2n) is 8.60. The van der Waals surface area contributed by atoms with Gasteiger partial charge in [0.15, 0.2) is 17.3 Å². The van der Waals surface area contributed by atoms with E-state index >= 15 is 0 Å². The van der Waals surface area contributed by atoms with Gasteiger partial charge in [-0.05, 0) is 76.5 Å². The highest BCUT2D eigenvalue weighted by molar-refractivity contribution is 14.1. The minimum Gasteiger partial charge on any atom is -0.493 e. The van der Waals surface area contributed by atoms with E-state index in [1.807, 2.05) is 42.5 Å². The van der Waals surface area contributed by atoms with Crippen molar-refractivity contribution in [2.24, 2.45) is 16.0 Å². The van der Waals surface area contributed by atoms with Crippen molar-refractivity contribution in [3.05, 3.63) is 62.7 Å². The highest BCUT2D eigenvalue weighted by Crippen LogP contribution is 2.38. The SMILES string of the molecule is COc1cc(C=C2C(=N)N3N=C(C4CCCCC4)SC3=NC2=O)cc(I)c1OCc1ccccc1. The topological polar surface area (TPSA) is 87.3 Å². The Kier molecular flexibility index (Phi) is 7.24. The molecule has 0 radical (unpaired) electrons. The van der Waals surface area contributed by atoms with E-state index in [9.17, 15) is 4.79 Å². The van der Waals surface area contributed by atoms with Crippen molar-refractivity contribution >= 4 is 62.4 Å². The van der Waals surface area contributed by atoms with Crippen LogP contribution in [0.1, 0.15) is 43.2 Å². The molecule has 1 saturated carbocycles. The lowest BCUT2D eigenvalue weighted by Crippen LogP contribution is -2.35. The number of hydrazone groups is 1. The van der Waals surface area contributed by atoms with Crippen LogP contribution in [0.3, 0.4) is 0 Å². The number of thioether (sulfide) groups is 1. The normalized spacial score (nSPS) is 19.5. The average Bonchev–Trinajstić information content (AvgIpc) is 3.31. The lowest BCUT2D eigenvalue weighted by molar-refractivity contribution is -0.114. The van der Waals surface area contributed by atoms with E-state index in [-0.39, 0.29) is 11.4 Å². The van der Waals surface area contributed by atoms with Crippen LogP contribution in [0.15, 0.2) is 58.1 Å². The molecule has 0 aromatic heterocycles. The zero-order chi connectivity index (χ0) is 24.4. The lowest BCUT2D eigenvalue weighted by Gasteiger charge is -2.20. The summed E-state index contributed by atoms with van der Waals surface area (Å²) in [5, 5.41) is 16.3. The van der Waals surface area contributed by atoms with Crippen LogP contribution in [0.5, 0.6) is 11.5 Å². The Balaban J connectivity index is 1.39. The summed E-state index contributed by atoms with van der Waals surface area (Å²) >= 11 is 3.63. The van der Waals surface area contributed by atoms with Gasteiger partial charge in [-0.1, -0.05) is 49.6 Å². The third-order valence-corrected chi connectivity index (χ3v) is 8.09. The Labute approximate surface area is 222 Å². The zero-order valence-corrected chi connectivity index (χ0v) is 22.3. The molecule has 35 heavy (non-hydrogen) atoms. The van der Waals surface area contributed by atoms with Gasteiger partial charge in [-0.25, -0.2) is 0 Å². The van der Waals surface area contributed by atoms with E-state index in [0.29, 0.717) is 29.2 Å². The molecule has 1 fully saturated rings. The molecule has 0 saturated heterocycles. The van der Waals surface area contributed by atoms with Gasteiger partial charge < -0.3 is 9.47 Å². The summed E-state index contributed by atoms with van der Waals surface area (Å²) < 4.78 is 12.5. The van der Waals surface area contributed by atoms with Crippen LogP contribution in [-0.2, 0) is 11.4 Å². The number of aliphatic imine (C=N–C) groups is 1. The van der Waals surface area contributed by atoms with Crippen molar-refractivity contribution in [3.8, 4) is 11.5 Å². The van der Waals surface area contributed by atoms with Gasteiger partial charge in [-0.2, -0.15) is 15.1 Å². The molecular formula is C26H25IN4O3S. The van der Waals surface area contributed by atoms with Gasteiger partial charge in [0, 0.05) is 5.92 Å². The van der Waals surface area contributed by atoms with E-state index in [1.165, 1.54) is 36.0 Å². The molecule has 2 aromatic rings. The van der Waals surface area contributed by atoms with Crippen molar-refractivity contribution in [2.45, 2.75) is 38.7 Å². The largest absolute Gasteiger partial charge is 0.493 e. The van der Waals surface area contributed by atoms with Gasteiger partial charge in [-0.3, -0.25) is 10.2 Å². The van der Waals surface area contributed by atoms with Crippen molar-refractivity contribution in [2.75, 3.05) is 7.11 Å². The summed E-state index contributed by atoms with van der Waals surface area (Å²) in [5.74, 6) is 1.23. The first-order valence-electron chi connectivity index (χ1n) is 11.6. The predicted octanol–water partition coefficient (Wildman–Crippen LogP) is 6.08. The molecule has 9 heteroatoms. The lowest BCUT2D eigenvalue weighted by atomic mass is 9.90. The second-order valence-corrected chi connectivity index (χ2v) is 10.8. The monoisotopic (exact) mass is 600 g/mol. The summed E-state index contributed by atoms with van der Waals surface area (Å²) in [7, 11) is 1.59. The Morgan fingerprint density at radius 3 is 2.71 bits per heavy atom. The van der Waals surface area contributed by atoms with Crippen molar-refractivity contribution in [1.29, 1.82) is 5.41 Å². The molecule has 0 spiro atoms. The van der Waals surface area contributed by atoms with Crippen LogP contribution in [0.2, 0.25) is 0 Å². The minimum absolute atomic E-state index is 0.0525. The summed E-state index contributed by atoms with van der Waals surface area (Å²) in [5.41, 5.74) is 2.00. The first-order valence-corrected chi connectivity index (χ1v) is 13.5. The zero-order valence-electron chi connectivity index (χ0n) is 19.3. The number of benzene rings is 2. The predicted molar refractivity (Wildman–Crippen MR) is 148 cm³/mol. The Morgan fingerprint density at radius 1 is 1.20 bits per heavy atom. The number of rotatable bonds is 6. The molecule has 0 bridgehead atoms. The molecule has 1 amide bonds. The molecular weight excluding hydrogens is 575 g/mol. The third-order valence-electron chi connectivity index (χ3n) is 6.21. The summed E-state index contributed by atoms with van der Waals surface area (Å²) in [6, 6.07) is 13.6. The maximum Gasteiger partial charge on any atom is 0.283 e. The molecule has 3 aliphatic rings. The van der Waals surface area contributed by atoms with Crippen LogP contribution in [0.25, 0.3) is 6.08 Å². The van der Waals surface area contributed by atoms with Crippen molar-refractivity contribution in [1.82, 2.24) is 5.01 Å². The summed E-state index contributed by atoms with van der Waals surface area (Å²) in [6.45, 7) is 0.419. The fourth-order valence-electron chi connectivity index (χ4n) is 4.38. The van der Waals surface area contributed by atoms with E-state index in [1.54, 1.807) is 13.2 Å². The third kappa shape index (κ3) is 5.16. The molecule has 2 aliphatic heterocycles. The molecule has 1 N–H and O–H groups in total. The van der Waals surface area contributed by atoms with Crippen LogP contribution < -0.4 is 9.47 Å². The summed E-state index contributed by atoms with van der Waals surface area (Å²) in [4.78, 5) is 17.1. The Bertz CT molecular complexity index is 1250. The quantitative estimate of drug-likeness (QED) is 0.321. The Hall–Kier alpha value is -2.66. The molecule has 2 aromatic carbocycles. The number of carbonyl (C=O) groups is 1. The molecule has 2 heterocycles. The van der Waals surface area contributed by atoms with E-state index in [2.05, 4.69) is 32.7 Å². The molecule has 0 unspecified atom stereocenters. The van der Waals surface area contributed by atoms with Crippen molar-refractivity contribution in [3.63, 3.8) is 0 Å². The highest BCUT2D eigenvalue weighted by atomic mass is 127. The minimum atomic E-state index is -0.424. The van der Waals surface area contributed by atoms with Gasteiger partial charge in [0.2, 0.25) is 5.17 Å². The van der Waals surface area contributed by atoms with Gasteiger partial charge in [-0.15, -0.1) is 0 Å². The molecule has 180 valence electrons. The maximum absolute atomic E-state index is 12.9. The molecule has 7 nitrogen and oxygen atoms in total. The van der Waals surface area contributed by atoms with Crippen LogP contribution in [0.4, 0.5) is 0 Å². The standard InChI is InChI=1S/C26H25IN4O3S/c1-33-21-14-17(13-20(27)22(21)34-15-16-8-4-2-5-9-16)12-19-23(28)31-26(29-24(19)32)35-25(30-31)18-10-6-3-7-11-18/h2,4-5,8-9,12-14,18,28H,3,6-7,10-11,15H2,1H3. The number of amides is 1. The number of hydrogen-bond donors (Lipinski definition) is 1. The van der Waals surface area contributed by atoms with Crippen LogP contribution in [-0.4, -0.2) is 34.1 Å². The number of ether oxygens (including phenoxy) is 2. The average molecular weight is 600 g/mol. The number of hydrogen-bond acceptors (Lipinski definition) is 6.